The molecule has 0 bridgehead atoms. The van der Waals surface area contributed by atoms with Crippen LogP contribution in [0.1, 0.15) is 23.7 Å². The first kappa shape index (κ1) is 25.7. The summed E-state index contributed by atoms with van der Waals surface area (Å²) < 4.78 is 5.35. The fraction of sp³-hybridized carbons (Fsp3) is 0.318. The Labute approximate surface area is 195 Å². The smallest absolute Gasteiger partial charge is 0.270 e. The summed E-state index contributed by atoms with van der Waals surface area (Å²) in [6.07, 6.45) is 2.19. The zero-order valence-corrected chi connectivity index (χ0v) is 19.1. The molecule has 0 aliphatic rings. The van der Waals surface area contributed by atoms with Gasteiger partial charge in [0.05, 0.1) is 18.1 Å². The molecule has 33 heavy (non-hydrogen) atoms. The summed E-state index contributed by atoms with van der Waals surface area (Å²) in [7, 11) is 0. The molecule has 0 heterocycles. The number of rotatable bonds is 12. The zero-order valence-electron chi connectivity index (χ0n) is 18.3. The number of nitrogens with one attached hydrogen (secondary N) is 3. The quantitative estimate of drug-likeness (QED) is 0.317. The Kier molecular flexibility index (Phi) is 10.2. The number of anilines is 1. The van der Waals surface area contributed by atoms with Crippen molar-refractivity contribution in [1.29, 1.82) is 0 Å². The van der Waals surface area contributed by atoms with E-state index in [1.54, 1.807) is 24.3 Å². The lowest BCUT2D eigenvalue weighted by atomic mass is 10.1. The molecule has 0 saturated heterocycles. The van der Waals surface area contributed by atoms with Gasteiger partial charge in [-0.25, -0.2) is 0 Å². The Morgan fingerprint density at radius 3 is 2.52 bits per heavy atom. The molecule has 1 unspecified atom stereocenters. The number of non-ortho nitro benzene ring substituents is 1. The summed E-state index contributed by atoms with van der Waals surface area (Å²) >= 11 is 1.50. The number of thioether (sulfide) groups is 1. The van der Waals surface area contributed by atoms with Gasteiger partial charge in [0.1, 0.15) is 11.8 Å². The molecule has 176 valence electrons. The van der Waals surface area contributed by atoms with Crippen LogP contribution in [0.5, 0.6) is 5.75 Å². The summed E-state index contributed by atoms with van der Waals surface area (Å²) in [5.41, 5.74) is 0.397. The second kappa shape index (κ2) is 13.1. The van der Waals surface area contributed by atoms with Gasteiger partial charge in [0.2, 0.25) is 11.8 Å². The van der Waals surface area contributed by atoms with Gasteiger partial charge < -0.3 is 20.7 Å². The number of ether oxygens (including phenoxy) is 1. The molecule has 2 rings (SSSR count). The second-order valence-corrected chi connectivity index (χ2v) is 7.82. The first-order valence-corrected chi connectivity index (χ1v) is 11.6. The minimum atomic E-state index is -0.900. The molecule has 3 N–H and O–H groups in total. The van der Waals surface area contributed by atoms with Crippen molar-refractivity contribution in [3.63, 3.8) is 0 Å². The number of hydrogen-bond donors (Lipinski definition) is 3. The maximum absolute atomic E-state index is 12.6. The third kappa shape index (κ3) is 8.45. The van der Waals surface area contributed by atoms with Crippen molar-refractivity contribution in [1.82, 2.24) is 10.6 Å². The van der Waals surface area contributed by atoms with Crippen molar-refractivity contribution in [2.45, 2.75) is 19.4 Å². The van der Waals surface area contributed by atoms with Crippen molar-refractivity contribution in [3.05, 3.63) is 64.2 Å². The van der Waals surface area contributed by atoms with E-state index in [-0.39, 0.29) is 17.8 Å². The number of carbonyl (C=O) groups is 3. The fourth-order valence-electron chi connectivity index (χ4n) is 2.80. The van der Waals surface area contributed by atoms with Crippen molar-refractivity contribution in [2.24, 2.45) is 0 Å². The van der Waals surface area contributed by atoms with Crippen LogP contribution >= 0.6 is 11.8 Å². The molecule has 0 aliphatic heterocycles. The second-order valence-electron chi connectivity index (χ2n) is 6.84. The molecule has 0 saturated carbocycles. The number of carbonyl (C=O) groups excluding carboxylic acids is 3. The average Bonchev–Trinajstić information content (AvgIpc) is 2.81. The molecular formula is C22H26N4O6S. The standard InChI is InChI=1S/C22H26N4O6S/c1-3-32-18-9-7-16(8-10-18)24-20(27)14-23-22(29)19(11-12-33-2)25-21(28)15-5-4-6-17(13-15)26(30)31/h4-10,13,19H,3,11-12,14H2,1-2H3,(H,23,29)(H,24,27)(H,25,28). The maximum atomic E-state index is 12.6. The van der Waals surface area contributed by atoms with E-state index in [9.17, 15) is 24.5 Å². The monoisotopic (exact) mass is 474 g/mol. The number of nitrogens with zero attached hydrogens (tertiary/aromatic N) is 1. The van der Waals surface area contributed by atoms with Gasteiger partial charge in [0.15, 0.2) is 0 Å². The molecule has 0 aliphatic carbocycles. The van der Waals surface area contributed by atoms with E-state index in [2.05, 4.69) is 16.0 Å². The molecule has 10 nitrogen and oxygen atoms in total. The zero-order chi connectivity index (χ0) is 24.2. The van der Waals surface area contributed by atoms with E-state index in [1.165, 1.54) is 30.0 Å². The van der Waals surface area contributed by atoms with Gasteiger partial charge in [-0.3, -0.25) is 24.5 Å². The predicted molar refractivity (Wildman–Crippen MR) is 127 cm³/mol. The number of hydrogen-bond acceptors (Lipinski definition) is 7. The van der Waals surface area contributed by atoms with E-state index in [0.717, 1.165) is 6.07 Å². The lowest BCUT2D eigenvalue weighted by Crippen LogP contribution is -2.48. The highest BCUT2D eigenvalue weighted by molar-refractivity contribution is 7.98. The topological polar surface area (TPSA) is 140 Å². The summed E-state index contributed by atoms with van der Waals surface area (Å²) in [6, 6.07) is 11.2. The molecule has 0 fully saturated rings. The first-order valence-electron chi connectivity index (χ1n) is 10.2. The summed E-state index contributed by atoms with van der Waals surface area (Å²) in [4.78, 5) is 47.7. The van der Waals surface area contributed by atoms with Crippen LogP contribution in [0.25, 0.3) is 0 Å². The van der Waals surface area contributed by atoms with Gasteiger partial charge in [-0.15, -0.1) is 0 Å². The molecule has 2 aromatic rings. The molecule has 2 aromatic carbocycles. The Morgan fingerprint density at radius 2 is 1.88 bits per heavy atom. The molecule has 1 atom stereocenters. The van der Waals surface area contributed by atoms with Gasteiger partial charge in [0, 0.05) is 23.4 Å². The molecule has 3 amide bonds. The van der Waals surface area contributed by atoms with Crippen LogP contribution in [0, 0.1) is 10.1 Å². The number of nitro groups is 1. The largest absolute Gasteiger partial charge is 0.494 e. The number of amides is 3. The van der Waals surface area contributed by atoms with Crippen molar-refractivity contribution >= 4 is 40.9 Å². The molecular weight excluding hydrogens is 448 g/mol. The van der Waals surface area contributed by atoms with E-state index in [1.807, 2.05) is 13.2 Å². The third-order valence-corrected chi connectivity index (χ3v) is 5.07. The predicted octanol–water partition coefficient (Wildman–Crippen LogP) is 2.60. The molecule has 0 radical (unpaired) electrons. The highest BCUT2D eigenvalue weighted by Gasteiger charge is 2.22. The Hall–Kier alpha value is -3.60. The van der Waals surface area contributed by atoms with E-state index < -0.39 is 28.7 Å². The van der Waals surface area contributed by atoms with Crippen LogP contribution in [-0.2, 0) is 9.59 Å². The Bertz CT molecular complexity index is 983. The van der Waals surface area contributed by atoms with Crippen LogP contribution in [0.3, 0.4) is 0 Å². The third-order valence-electron chi connectivity index (χ3n) is 4.42. The normalized spacial score (nSPS) is 11.2. The van der Waals surface area contributed by atoms with Crippen LogP contribution in [0.4, 0.5) is 11.4 Å². The Morgan fingerprint density at radius 1 is 1.15 bits per heavy atom. The average molecular weight is 475 g/mol. The van der Waals surface area contributed by atoms with Crippen LogP contribution in [0.2, 0.25) is 0 Å². The van der Waals surface area contributed by atoms with E-state index in [0.29, 0.717) is 30.2 Å². The van der Waals surface area contributed by atoms with E-state index >= 15 is 0 Å². The van der Waals surface area contributed by atoms with E-state index in [4.69, 9.17) is 4.74 Å². The van der Waals surface area contributed by atoms with Gasteiger partial charge >= 0.3 is 0 Å². The van der Waals surface area contributed by atoms with Gasteiger partial charge in [-0.1, -0.05) is 6.07 Å². The molecule has 11 heteroatoms. The highest BCUT2D eigenvalue weighted by Crippen LogP contribution is 2.16. The summed E-state index contributed by atoms with van der Waals surface area (Å²) in [5.74, 6) is -0.296. The van der Waals surface area contributed by atoms with Crippen molar-refractivity contribution in [2.75, 3.05) is 30.5 Å². The van der Waals surface area contributed by atoms with Gasteiger partial charge in [0.25, 0.3) is 11.6 Å². The SMILES string of the molecule is CCOc1ccc(NC(=O)CNC(=O)C(CCSC)NC(=O)c2cccc([N+](=O)[O-])c2)cc1. The maximum Gasteiger partial charge on any atom is 0.270 e. The minimum Gasteiger partial charge on any atom is -0.494 e. The first-order chi connectivity index (χ1) is 15.8. The Balaban J connectivity index is 1.94. The lowest BCUT2D eigenvalue weighted by Gasteiger charge is -2.18. The van der Waals surface area contributed by atoms with Crippen molar-refractivity contribution in [3.8, 4) is 5.75 Å². The van der Waals surface area contributed by atoms with Gasteiger partial charge in [-0.2, -0.15) is 11.8 Å². The van der Waals surface area contributed by atoms with Crippen molar-refractivity contribution < 1.29 is 24.0 Å². The summed E-state index contributed by atoms with van der Waals surface area (Å²) in [5, 5.41) is 18.7. The summed E-state index contributed by atoms with van der Waals surface area (Å²) in [6.45, 7) is 2.12. The number of nitro benzene ring substituents is 1. The minimum absolute atomic E-state index is 0.0689. The van der Waals surface area contributed by atoms with Crippen LogP contribution in [-0.4, -0.2) is 53.8 Å². The highest BCUT2D eigenvalue weighted by atomic mass is 32.2. The molecule has 0 spiro atoms. The molecule has 0 aromatic heterocycles. The van der Waals surface area contributed by atoms with Crippen LogP contribution < -0.4 is 20.7 Å². The lowest BCUT2D eigenvalue weighted by molar-refractivity contribution is -0.384. The number of benzene rings is 2. The van der Waals surface area contributed by atoms with Gasteiger partial charge in [-0.05, 0) is 55.7 Å². The van der Waals surface area contributed by atoms with Crippen LogP contribution in [0.15, 0.2) is 48.5 Å². The fourth-order valence-corrected chi connectivity index (χ4v) is 3.28.